The third kappa shape index (κ3) is 6.78. The molecule has 0 aromatic heterocycles. The number of primary amides is 1. The summed E-state index contributed by atoms with van der Waals surface area (Å²) in [5.74, 6) is -0.225. The molecule has 0 fully saturated rings. The fraction of sp³-hybridized carbons (Fsp3) is 0.500. The molecule has 1 aromatic rings. The first-order valence-electron chi connectivity index (χ1n) is 7.19. The minimum atomic E-state index is -0.920. The molecule has 0 saturated carbocycles. The van der Waals surface area contributed by atoms with Crippen LogP contribution in [0.5, 0.6) is 5.75 Å². The SMILES string of the molecule is COc1ccc(Cl)cc1C[C@@H](COC(N)=O)C(=O)NC(C)(C)C. The lowest BCUT2D eigenvalue weighted by Crippen LogP contribution is -2.45. The van der Waals surface area contributed by atoms with Crippen LogP contribution in [0, 0.1) is 5.92 Å². The zero-order chi connectivity index (χ0) is 17.6. The van der Waals surface area contributed by atoms with E-state index in [0.29, 0.717) is 17.2 Å². The normalized spacial score (nSPS) is 12.4. The van der Waals surface area contributed by atoms with E-state index in [0.717, 1.165) is 5.56 Å². The molecule has 6 nitrogen and oxygen atoms in total. The summed E-state index contributed by atoms with van der Waals surface area (Å²) in [5, 5.41) is 3.40. The average molecular weight is 343 g/mol. The first-order chi connectivity index (χ1) is 10.6. The predicted octanol–water partition coefficient (Wildman–Crippen LogP) is 2.52. The van der Waals surface area contributed by atoms with Gasteiger partial charge in [-0.25, -0.2) is 4.79 Å². The van der Waals surface area contributed by atoms with Gasteiger partial charge < -0.3 is 20.5 Å². The fourth-order valence-electron chi connectivity index (χ4n) is 2.05. The van der Waals surface area contributed by atoms with E-state index < -0.39 is 17.6 Å². The Morgan fingerprint density at radius 2 is 2.00 bits per heavy atom. The van der Waals surface area contributed by atoms with Crippen molar-refractivity contribution >= 4 is 23.6 Å². The molecule has 0 saturated heterocycles. The largest absolute Gasteiger partial charge is 0.496 e. The molecule has 0 radical (unpaired) electrons. The summed E-state index contributed by atoms with van der Waals surface area (Å²) < 4.78 is 10.1. The van der Waals surface area contributed by atoms with Crippen LogP contribution in [-0.2, 0) is 16.0 Å². The molecule has 1 rings (SSSR count). The lowest BCUT2D eigenvalue weighted by atomic mass is 9.97. The highest BCUT2D eigenvalue weighted by atomic mass is 35.5. The fourth-order valence-corrected chi connectivity index (χ4v) is 2.25. The predicted molar refractivity (Wildman–Crippen MR) is 88.6 cm³/mol. The van der Waals surface area contributed by atoms with Gasteiger partial charge in [-0.3, -0.25) is 4.79 Å². The number of carbonyl (C=O) groups is 2. The Labute approximate surface area is 141 Å². The van der Waals surface area contributed by atoms with E-state index in [-0.39, 0.29) is 12.5 Å². The van der Waals surface area contributed by atoms with Crippen LogP contribution in [0.25, 0.3) is 0 Å². The maximum absolute atomic E-state index is 12.4. The smallest absolute Gasteiger partial charge is 0.404 e. The van der Waals surface area contributed by atoms with Gasteiger partial charge in [-0.1, -0.05) is 11.6 Å². The van der Waals surface area contributed by atoms with Gasteiger partial charge in [0.1, 0.15) is 12.4 Å². The number of benzene rings is 1. The number of amides is 2. The van der Waals surface area contributed by atoms with Crippen LogP contribution in [0.1, 0.15) is 26.3 Å². The van der Waals surface area contributed by atoms with Crippen LogP contribution >= 0.6 is 11.6 Å². The van der Waals surface area contributed by atoms with E-state index in [1.54, 1.807) is 18.2 Å². The number of carbonyl (C=O) groups excluding carboxylic acids is 2. The highest BCUT2D eigenvalue weighted by molar-refractivity contribution is 6.30. The summed E-state index contributed by atoms with van der Waals surface area (Å²) in [7, 11) is 1.54. The molecule has 1 aromatic carbocycles. The second-order valence-corrected chi connectivity index (χ2v) is 6.66. The number of ether oxygens (including phenoxy) is 2. The van der Waals surface area contributed by atoms with Crippen LogP contribution in [0.3, 0.4) is 0 Å². The van der Waals surface area contributed by atoms with E-state index in [1.165, 1.54) is 7.11 Å². The summed E-state index contributed by atoms with van der Waals surface area (Å²) in [6, 6.07) is 5.15. The second-order valence-electron chi connectivity index (χ2n) is 6.23. The first kappa shape index (κ1) is 19.1. The number of nitrogens with one attached hydrogen (secondary N) is 1. The number of hydrogen-bond acceptors (Lipinski definition) is 4. The van der Waals surface area contributed by atoms with E-state index in [4.69, 9.17) is 26.8 Å². The average Bonchev–Trinajstić information content (AvgIpc) is 2.41. The highest BCUT2D eigenvalue weighted by Crippen LogP contribution is 2.25. The molecule has 2 amide bonds. The molecule has 7 heteroatoms. The van der Waals surface area contributed by atoms with Gasteiger partial charge in [-0.2, -0.15) is 0 Å². The molecule has 1 atom stereocenters. The van der Waals surface area contributed by atoms with Gasteiger partial charge in [0, 0.05) is 10.6 Å². The zero-order valence-electron chi connectivity index (χ0n) is 13.8. The molecular weight excluding hydrogens is 320 g/mol. The highest BCUT2D eigenvalue weighted by Gasteiger charge is 2.25. The minimum Gasteiger partial charge on any atom is -0.496 e. The second kappa shape index (κ2) is 8.06. The number of methoxy groups -OCH3 is 1. The standard InChI is InChI=1S/C16H23ClN2O4/c1-16(2,3)19-14(20)11(9-23-15(18)21)7-10-8-12(17)5-6-13(10)22-4/h5-6,8,11H,7,9H2,1-4H3,(H2,18,21)(H,19,20)/t11-/m0/s1. The summed E-state index contributed by atoms with van der Waals surface area (Å²) >= 11 is 6.01. The maximum atomic E-state index is 12.4. The molecule has 3 N–H and O–H groups in total. The van der Waals surface area contributed by atoms with Gasteiger partial charge in [-0.15, -0.1) is 0 Å². The third-order valence-corrected chi connectivity index (χ3v) is 3.24. The molecule has 0 aliphatic rings. The Bertz CT molecular complexity index is 570. The van der Waals surface area contributed by atoms with Crippen molar-refractivity contribution in [3.8, 4) is 5.75 Å². The third-order valence-electron chi connectivity index (χ3n) is 3.00. The Balaban J connectivity index is 2.98. The van der Waals surface area contributed by atoms with Gasteiger partial charge in [0.15, 0.2) is 0 Å². The van der Waals surface area contributed by atoms with Crippen molar-refractivity contribution in [1.29, 1.82) is 0 Å². The van der Waals surface area contributed by atoms with Crippen molar-refractivity contribution in [3.63, 3.8) is 0 Å². The lowest BCUT2D eigenvalue weighted by molar-refractivity contribution is -0.127. The van der Waals surface area contributed by atoms with Crippen molar-refractivity contribution in [2.24, 2.45) is 11.7 Å². The minimum absolute atomic E-state index is 0.118. The van der Waals surface area contributed by atoms with E-state index >= 15 is 0 Å². The number of hydrogen-bond donors (Lipinski definition) is 2. The molecular formula is C16H23ClN2O4. The molecule has 0 aliphatic heterocycles. The van der Waals surface area contributed by atoms with E-state index in [1.807, 2.05) is 20.8 Å². The summed E-state index contributed by atoms with van der Waals surface area (Å²) in [6.07, 6.45) is -0.615. The number of rotatable bonds is 6. The van der Waals surface area contributed by atoms with Crippen LogP contribution in [0.2, 0.25) is 5.02 Å². The lowest BCUT2D eigenvalue weighted by Gasteiger charge is -2.25. The quantitative estimate of drug-likeness (QED) is 0.831. The molecule has 0 unspecified atom stereocenters. The van der Waals surface area contributed by atoms with Crippen molar-refractivity contribution < 1.29 is 19.1 Å². The number of halogens is 1. The topological polar surface area (TPSA) is 90.7 Å². The van der Waals surface area contributed by atoms with Crippen LogP contribution in [0.15, 0.2) is 18.2 Å². The first-order valence-corrected chi connectivity index (χ1v) is 7.57. The Morgan fingerprint density at radius 3 is 2.52 bits per heavy atom. The van der Waals surface area contributed by atoms with Crippen molar-refractivity contribution in [3.05, 3.63) is 28.8 Å². The maximum Gasteiger partial charge on any atom is 0.404 e. The van der Waals surface area contributed by atoms with Gasteiger partial charge >= 0.3 is 6.09 Å². The van der Waals surface area contributed by atoms with Gasteiger partial charge in [0.25, 0.3) is 0 Å². The van der Waals surface area contributed by atoms with Crippen molar-refractivity contribution in [2.75, 3.05) is 13.7 Å². The monoisotopic (exact) mass is 342 g/mol. The van der Waals surface area contributed by atoms with Crippen LogP contribution in [0.4, 0.5) is 4.79 Å². The Kier molecular flexibility index (Phi) is 6.69. The van der Waals surface area contributed by atoms with E-state index in [9.17, 15) is 9.59 Å². The van der Waals surface area contributed by atoms with Crippen LogP contribution in [-0.4, -0.2) is 31.3 Å². The molecule has 0 aliphatic carbocycles. The summed E-state index contributed by atoms with van der Waals surface area (Å²) in [6.45, 7) is 5.50. The van der Waals surface area contributed by atoms with Gasteiger partial charge in [-0.05, 0) is 51.0 Å². The molecule has 0 bridgehead atoms. The number of nitrogens with two attached hydrogens (primary N) is 1. The van der Waals surface area contributed by atoms with Gasteiger partial charge in [0.2, 0.25) is 5.91 Å². The zero-order valence-corrected chi connectivity index (χ0v) is 14.6. The summed E-state index contributed by atoms with van der Waals surface area (Å²) in [5.41, 5.74) is 5.35. The van der Waals surface area contributed by atoms with Gasteiger partial charge in [0.05, 0.1) is 13.0 Å². The molecule has 128 valence electrons. The Morgan fingerprint density at radius 1 is 1.35 bits per heavy atom. The summed E-state index contributed by atoms with van der Waals surface area (Å²) in [4.78, 5) is 23.3. The van der Waals surface area contributed by atoms with Crippen molar-refractivity contribution in [1.82, 2.24) is 5.32 Å². The molecule has 0 spiro atoms. The molecule has 23 heavy (non-hydrogen) atoms. The van der Waals surface area contributed by atoms with E-state index in [2.05, 4.69) is 5.32 Å². The van der Waals surface area contributed by atoms with Crippen molar-refractivity contribution in [2.45, 2.75) is 32.7 Å². The Hall–Kier alpha value is -1.95. The molecule has 0 heterocycles. The van der Waals surface area contributed by atoms with Crippen LogP contribution < -0.4 is 15.8 Å².